The first-order valence-corrected chi connectivity index (χ1v) is 4.04. The highest BCUT2D eigenvalue weighted by molar-refractivity contribution is 6.30. The standard InChI is InChI=1S/C8H11ClN2O/c1-10-8(5-12)6-2-7(9)4-11-3-6/h2-4,8,10,12H,5H2,1H3/t8-/m1/s1. The Morgan fingerprint density at radius 2 is 2.42 bits per heavy atom. The third-order valence-corrected chi connectivity index (χ3v) is 1.87. The summed E-state index contributed by atoms with van der Waals surface area (Å²) in [6.07, 6.45) is 3.25. The Labute approximate surface area is 76.4 Å². The SMILES string of the molecule is CN[C@H](CO)c1cncc(Cl)c1. The Morgan fingerprint density at radius 1 is 1.67 bits per heavy atom. The summed E-state index contributed by atoms with van der Waals surface area (Å²) in [7, 11) is 1.78. The fraction of sp³-hybridized carbons (Fsp3) is 0.375. The number of nitrogens with one attached hydrogen (secondary N) is 1. The van der Waals surface area contributed by atoms with Crippen LogP contribution >= 0.6 is 11.6 Å². The first kappa shape index (κ1) is 9.45. The van der Waals surface area contributed by atoms with Gasteiger partial charge in [-0.3, -0.25) is 4.98 Å². The van der Waals surface area contributed by atoms with Crippen molar-refractivity contribution in [3.05, 3.63) is 29.0 Å². The summed E-state index contributed by atoms with van der Waals surface area (Å²) in [5.41, 5.74) is 0.896. The maximum absolute atomic E-state index is 8.94. The van der Waals surface area contributed by atoms with Crippen LogP contribution in [0.4, 0.5) is 0 Å². The molecule has 0 saturated carbocycles. The average molecular weight is 187 g/mol. The lowest BCUT2D eigenvalue weighted by Gasteiger charge is -2.12. The molecule has 0 fully saturated rings. The van der Waals surface area contributed by atoms with Gasteiger partial charge >= 0.3 is 0 Å². The lowest BCUT2D eigenvalue weighted by atomic mass is 10.1. The van der Waals surface area contributed by atoms with Gasteiger partial charge in [0.2, 0.25) is 0 Å². The summed E-state index contributed by atoms with van der Waals surface area (Å²) < 4.78 is 0. The lowest BCUT2D eigenvalue weighted by molar-refractivity contribution is 0.251. The van der Waals surface area contributed by atoms with Crippen molar-refractivity contribution in [2.24, 2.45) is 0 Å². The predicted molar refractivity (Wildman–Crippen MR) is 48.1 cm³/mol. The van der Waals surface area contributed by atoms with E-state index in [1.165, 1.54) is 0 Å². The molecule has 12 heavy (non-hydrogen) atoms. The largest absolute Gasteiger partial charge is 0.394 e. The Morgan fingerprint density at radius 3 is 2.92 bits per heavy atom. The minimum Gasteiger partial charge on any atom is -0.394 e. The van der Waals surface area contributed by atoms with E-state index in [1.807, 2.05) is 0 Å². The molecule has 1 rings (SSSR count). The van der Waals surface area contributed by atoms with E-state index >= 15 is 0 Å². The second-order valence-electron chi connectivity index (χ2n) is 2.46. The highest BCUT2D eigenvalue weighted by Gasteiger charge is 2.07. The molecule has 1 aromatic rings. The van der Waals surface area contributed by atoms with Crippen LogP contribution in [0.25, 0.3) is 0 Å². The van der Waals surface area contributed by atoms with E-state index in [-0.39, 0.29) is 12.6 Å². The summed E-state index contributed by atoms with van der Waals surface area (Å²) in [5, 5.41) is 12.5. The number of aliphatic hydroxyl groups is 1. The molecule has 1 atom stereocenters. The number of rotatable bonds is 3. The van der Waals surface area contributed by atoms with Gasteiger partial charge in [0, 0.05) is 12.4 Å². The molecule has 0 bridgehead atoms. The predicted octanol–water partition coefficient (Wildman–Crippen LogP) is 0.988. The van der Waals surface area contributed by atoms with Gasteiger partial charge in [-0.25, -0.2) is 0 Å². The topological polar surface area (TPSA) is 45.1 Å². The van der Waals surface area contributed by atoms with Crippen molar-refractivity contribution in [2.75, 3.05) is 13.7 Å². The average Bonchev–Trinajstić information content (AvgIpc) is 2.07. The number of likely N-dealkylation sites (N-methyl/N-ethyl adjacent to an activating group) is 1. The molecule has 1 aromatic heterocycles. The maximum atomic E-state index is 8.94. The van der Waals surface area contributed by atoms with E-state index in [0.29, 0.717) is 5.02 Å². The van der Waals surface area contributed by atoms with Crippen molar-refractivity contribution in [1.82, 2.24) is 10.3 Å². The van der Waals surface area contributed by atoms with Crippen LogP contribution in [0.2, 0.25) is 5.02 Å². The molecule has 0 radical (unpaired) electrons. The molecule has 2 N–H and O–H groups in total. The first-order valence-electron chi connectivity index (χ1n) is 3.66. The van der Waals surface area contributed by atoms with Crippen molar-refractivity contribution in [2.45, 2.75) is 6.04 Å². The fourth-order valence-electron chi connectivity index (χ4n) is 0.982. The Balaban J connectivity index is 2.85. The van der Waals surface area contributed by atoms with Gasteiger partial charge in [0.15, 0.2) is 0 Å². The molecular weight excluding hydrogens is 176 g/mol. The van der Waals surface area contributed by atoms with Crippen LogP contribution in [0.1, 0.15) is 11.6 Å². The van der Waals surface area contributed by atoms with Gasteiger partial charge in [0.25, 0.3) is 0 Å². The van der Waals surface area contributed by atoms with Crippen LogP contribution in [0.15, 0.2) is 18.5 Å². The Bertz CT molecular complexity index is 251. The van der Waals surface area contributed by atoms with Crippen molar-refractivity contribution in [1.29, 1.82) is 0 Å². The highest BCUT2D eigenvalue weighted by Crippen LogP contribution is 2.14. The van der Waals surface area contributed by atoms with Gasteiger partial charge in [-0.2, -0.15) is 0 Å². The van der Waals surface area contributed by atoms with Crippen LogP contribution in [0.5, 0.6) is 0 Å². The minimum atomic E-state index is -0.0869. The molecule has 4 heteroatoms. The monoisotopic (exact) mass is 186 g/mol. The molecule has 0 spiro atoms. The van der Waals surface area contributed by atoms with Crippen LogP contribution in [-0.2, 0) is 0 Å². The zero-order chi connectivity index (χ0) is 8.97. The molecule has 66 valence electrons. The molecule has 0 saturated heterocycles. The molecule has 0 aliphatic rings. The molecule has 1 heterocycles. The number of hydrogen-bond donors (Lipinski definition) is 2. The van der Waals surface area contributed by atoms with E-state index in [2.05, 4.69) is 10.3 Å². The fourth-order valence-corrected chi connectivity index (χ4v) is 1.16. The van der Waals surface area contributed by atoms with Crippen LogP contribution in [-0.4, -0.2) is 23.7 Å². The Kier molecular flexibility index (Phi) is 3.47. The normalized spacial score (nSPS) is 12.9. The van der Waals surface area contributed by atoms with E-state index in [9.17, 15) is 0 Å². The van der Waals surface area contributed by atoms with Crippen molar-refractivity contribution in [3.63, 3.8) is 0 Å². The van der Waals surface area contributed by atoms with Gasteiger partial charge in [-0.05, 0) is 18.7 Å². The number of halogens is 1. The number of aromatic nitrogens is 1. The summed E-state index contributed by atoms with van der Waals surface area (Å²) >= 11 is 5.73. The molecule has 0 aliphatic heterocycles. The second kappa shape index (κ2) is 4.40. The third-order valence-electron chi connectivity index (χ3n) is 1.66. The Hall–Kier alpha value is -0.640. The summed E-state index contributed by atoms with van der Waals surface area (Å²) in [6.45, 7) is 0.0402. The maximum Gasteiger partial charge on any atom is 0.0627 e. The van der Waals surface area contributed by atoms with Gasteiger partial charge in [0.1, 0.15) is 0 Å². The highest BCUT2D eigenvalue weighted by atomic mass is 35.5. The summed E-state index contributed by atoms with van der Waals surface area (Å²) in [4.78, 5) is 3.92. The summed E-state index contributed by atoms with van der Waals surface area (Å²) in [6, 6.07) is 1.70. The molecule has 0 amide bonds. The van der Waals surface area contributed by atoms with Gasteiger partial charge in [-0.1, -0.05) is 11.6 Å². The lowest BCUT2D eigenvalue weighted by Crippen LogP contribution is -2.19. The number of hydrogen-bond acceptors (Lipinski definition) is 3. The van der Waals surface area contributed by atoms with Crippen molar-refractivity contribution < 1.29 is 5.11 Å². The van der Waals surface area contributed by atoms with E-state index in [0.717, 1.165) is 5.56 Å². The smallest absolute Gasteiger partial charge is 0.0627 e. The first-order chi connectivity index (χ1) is 5.77. The van der Waals surface area contributed by atoms with Gasteiger partial charge in [-0.15, -0.1) is 0 Å². The van der Waals surface area contributed by atoms with Gasteiger partial charge in [0.05, 0.1) is 17.7 Å². The second-order valence-corrected chi connectivity index (χ2v) is 2.90. The third kappa shape index (κ3) is 2.17. The van der Waals surface area contributed by atoms with Crippen molar-refractivity contribution in [3.8, 4) is 0 Å². The minimum absolute atomic E-state index is 0.0402. The number of pyridine rings is 1. The molecule has 0 unspecified atom stereocenters. The number of aliphatic hydroxyl groups excluding tert-OH is 1. The molecule has 3 nitrogen and oxygen atoms in total. The summed E-state index contributed by atoms with van der Waals surface area (Å²) in [5.74, 6) is 0. The molecule has 0 aromatic carbocycles. The van der Waals surface area contributed by atoms with Crippen molar-refractivity contribution >= 4 is 11.6 Å². The van der Waals surface area contributed by atoms with E-state index in [4.69, 9.17) is 16.7 Å². The zero-order valence-corrected chi connectivity index (χ0v) is 7.54. The molecular formula is C8H11ClN2O. The number of nitrogens with zero attached hydrogens (tertiary/aromatic N) is 1. The van der Waals surface area contributed by atoms with E-state index in [1.54, 1.807) is 25.5 Å². The van der Waals surface area contributed by atoms with Crippen LogP contribution in [0.3, 0.4) is 0 Å². The zero-order valence-electron chi connectivity index (χ0n) is 6.79. The van der Waals surface area contributed by atoms with Crippen LogP contribution in [0, 0.1) is 0 Å². The van der Waals surface area contributed by atoms with Gasteiger partial charge < -0.3 is 10.4 Å². The molecule has 0 aliphatic carbocycles. The quantitative estimate of drug-likeness (QED) is 0.740. The van der Waals surface area contributed by atoms with Crippen LogP contribution < -0.4 is 5.32 Å². The van der Waals surface area contributed by atoms with E-state index < -0.39 is 0 Å².